The van der Waals surface area contributed by atoms with Crippen LogP contribution in [0, 0.1) is 0 Å². The van der Waals surface area contributed by atoms with Crippen LogP contribution in [0.5, 0.6) is 11.5 Å². The van der Waals surface area contributed by atoms with Crippen molar-refractivity contribution in [2.24, 2.45) is 0 Å². The molecule has 0 spiro atoms. The van der Waals surface area contributed by atoms with E-state index in [1.807, 2.05) is 0 Å². The van der Waals surface area contributed by atoms with E-state index in [1.54, 1.807) is 32.4 Å². The highest BCUT2D eigenvalue weighted by Gasteiger charge is 2.05. The summed E-state index contributed by atoms with van der Waals surface area (Å²) in [6, 6.07) is 5.26. The minimum atomic E-state index is -0.109. The van der Waals surface area contributed by atoms with Gasteiger partial charge < -0.3 is 19.9 Å². The summed E-state index contributed by atoms with van der Waals surface area (Å²) in [5.41, 5.74) is 0.675. The Bertz CT molecular complexity index is 393. The van der Waals surface area contributed by atoms with Crippen LogP contribution >= 0.6 is 0 Å². The fourth-order valence-electron chi connectivity index (χ4n) is 1.49. The molecular formula is C13H19NO4. The van der Waals surface area contributed by atoms with Gasteiger partial charge in [-0.3, -0.25) is 4.79 Å². The van der Waals surface area contributed by atoms with Gasteiger partial charge in [0.05, 0.1) is 20.3 Å². The highest BCUT2D eigenvalue weighted by molar-refractivity contribution is 5.75. The van der Waals surface area contributed by atoms with Crippen molar-refractivity contribution in [3.8, 4) is 11.5 Å². The van der Waals surface area contributed by atoms with E-state index in [-0.39, 0.29) is 12.5 Å². The SMILES string of the molecule is CNC(=O)CCCOc1ccc(OC)cc1CO. The molecule has 0 heterocycles. The highest BCUT2D eigenvalue weighted by atomic mass is 16.5. The molecule has 5 nitrogen and oxygen atoms in total. The molecule has 1 aromatic carbocycles. The first-order chi connectivity index (χ1) is 8.71. The largest absolute Gasteiger partial charge is 0.497 e. The number of ether oxygens (including phenoxy) is 2. The predicted molar refractivity (Wildman–Crippen MR) is 67.7 cm³/mol. The summed E-state index contributed by atoms with van der Waals surface area (Å²) in [7, 11) is 3.18. The van der Waals surface area contributed by atoms with Gasteiger partial charge in [-0.25, -0.2) is 0 Å². The number of carbonyl (C=O) groups is 1. The van der Waals surface area contributed by atoms with Gasteiger partial charge in [0.25, 0.3) is 0 Å². The molecule has 0 aliphatic rings. The van der Waals surface area contributed by atoms with Gasteiger partial charge in [0.15, 0.2) is 0 Å². The third kappa shape index (κ3) is 4.25. The lowest BCUT2D eigenvalue weighted by atomic mass is 10.2. The van der Waals surface area contributed by atoms with E-state index < -0.39 is 0 Å². The van der Waals surface area contributed by atoms with Gasteiger partial charge in [-0.05, 0) is 24.6 Å². The van der Waals surface area contributed by atoms with Crippen LogP contribution in [0.1, 0.15) is 18.4 Å². The average molecular weight is 253 g/mol. The van der Waals surface area contributed by atoms with Crippen molar-refractivity contribution in [3.05, 3.63) is 23.8 Å². The Morgan fingerprint density at radius 1 is 1.44 bits per heavy atom. The minimum Gasteiger partial charge on any atom is -0.497 e. The number of hydrogen-bond acceptors (Lipinski definition) is 4. The molecule has 0 saturated heterocycles. The molecule has 18 heavy (non-hydrogen) atoms. The number of amides is 1. The first kappa shape index (κ1) is 14.3. The molecule has 1 aromatic rings. The highest BCUT2D eigenvalue weighted by Crippen LogP contribution is 2.24. The number of aliphatic hydroxyl groups is 1. The lowest BCUT2D eigenvalue weighted by Crippen LogP contribution is -2.18. The molecule has 5 heteroatoms. The molecule has 0 unspecified atom stereocenters. The van der Waals surface area contributed by atoms with Gasteiger partial charge >= 0.3 is 0 Å². The standard InChI is InChI=1S/C13H19NO4/c1-14-13(16)4-3-7-18-12-6-5-11(17-2)8-10(12)9-15/h5-6,8,15H,3-4,7,9H2,1-2H3,(H,14,16). The predicted octanol–water partition coefficient (Wildman–Crippen LogP) is 1.09. The van der Waals surface area contributed by atoms with Crippen LogP contribution in [0.4, 0.5) is 0 Å². The van der Waals surface area contributed by atoms with Gasteiger partial charge in [-0.15, -0.1) is 0 Å². The Morgan fingerprint density at radius 3 is 2.83 bits per heavy atom. The quantitative estimate of drug-likeness (QED) is 0.714. The fraction of sp³-hybridized carbons (Fsp3) is 0.462. The summed E-state index contributed by atoms with van der Waals surface area (Å²) in [5, 5.41) is 11.8. The second-order valence-corrected chi connectivity index (χ2v) is 3.76. The summed E-state index contributed by atoms with van der Waals surface area (Å²) >= 11 is 0. The maximum absolute atomic E-state index is 11.0. The number of methoxy groups -OCH3 is 1. The molecule has 0 bridgehead atoms. The average Bonchev–Trinajstić information content (AvgIpc) is 2.43. The summed E-state index contributed by atoms with van der Waals surface area (Å²) in [5.74, 6) is 1.29. The van der Waals surface area contributed by atoms with Crippen molar-refractivity contribution in [1.82, 2.24) is 5.32 Å². The maximum atomic E-state index is 11.0. The molecule has 0 aromatic heterocycles. The summed E-state index contributed by atoms with van der Waals surface area (Å²) in [6.07, 6.45) is 1.07. The third-order valence-corrected chi connectivity index (χ3v) is 2.52. The summed E-state index contributed by atoms with van der Waals surface area (Å²) in [4.78, 5) is 11.0. The van der Waals surface area contributed by atoms with Gasteiger partial charge in [0.2, 0.25) is 5.91 Å². The number of aliphatic hydroxyl groups excluding tert-OH is 1. The van der Waals surface area contributed by atoms with Crippen LogP contribution in [0.3, 0.4) is 0 Å². The molecule has 0 radical (unpaired) electrons. The summed E-state index contributed by atoms with van der Waals surface area (Å²) < 4.78 is 10.6. The normalized spacial score (nSPS) is 9.94. The van der Waals surface area contributed by atoms with E-state index in [0.29, 0.717) is 36.5 Å². The fourth-order valence-corrected chi connectivity index (χ4v) is 1.49. The van der Waals surface area contributed by atoms with E-state index in [0.717, 1.165) is 0 Å². The van der Waals surface area contributed by atoms with E-state index >= 15 is 0 Å². The first-order valence-corrected chi connectivity index (χ1v) is 5.82. The van der Waals surface area contributed by atoms with Crippen molar-refractivity contribution in [2.75, 3.05) is 20.8 Å². The van der Waals surface area contributed by atoms with Crippen LogP contribution < -0.4 is 14.8 Å². The van der Waals surface area contributed by atoms with E-state index in [4.69, 9.17) is 9.47 Å². The van der Waals surface area contributed by atoms with E-state index in [9.17, 15) is 9.90 Å². The third-order valence-electron chi connectivity index (χ3n) is 2.52. The molecule has 0 aliphatic heterocycles. The molecular weight excluding hydrogens is 234 g/mol. The molecule has 0 aliphatic carbocycles. The van der Waals surface area contributed by atoms with Crippen molar-refractivity contribution >= 4 is 5.91 Å². The number of carbonyl (C=O) groups excluding carboxylic acids is 1. The van der Waals surface area contributed by atoms with Crippen molar-refractivity contribution in [1.29, 1.82) is 0 Å². The molecule has 100 valence electrons. The Morgan fingerprint density at radius 2 is 2.22 bits per heavy atom. The van der Waals surface area contributed by atoms with E-state index in [2.05, 4.69) is 5.32 Å². The molecule has 0 fully saturated rings. The van der Waals surface area contributed by atoms with Crippen LogP contribution in [0.2, 0.25) is 0 Å². The zero-order valence-corrected chi connectivity index (χ0v) is 10.7. The van der Waals surface area contributed by atoms with Gasteiger partial charge in [-0.2, -0.15) is 0 Å². The molecule has 1 amide bonds. The van der Waals surface area contributed by atoms with Gasteiger partial charge in [-0.1, -0.05) is 0 Å². The van der Waals surface area contributed by atoms with Crippen LogP contribution in [0.25, 0.3) is 0 Å². The lowest BCUT2D eigenvalue weighted by Gasteiger charge is -2.11. The molecule has 1 rings (SSSR count). The van der Waals surface area contributed by atoms with Crippen LogP contribution in [-0.4, -0.2) is 31.8 Å². The van der Waals surface area contributed by atoms with Crippen molar-refractivity contribution in [2.45, 2.75) is 19.4 Å². The van der Waals surface area contributed by atoms with Crippen LogP contribution in [0.15, 0.2) is 18.2 Å². The number of hydrogen-bond donors (Lipinski definition) is 2. The number of benzene rings is 1. The Labute approximate surface area is 107 Å². The van der Waals surface area contributed by atoms with Crippen molar-refractivity contribution < 1.29 is 19.4 Å². The second-order valence-electron chi connectivity index (χ2n) is 3.76. The summed E-state index contributed by atoms with van der Waals surface area (Å²) in [6.45, 7) is 0.328. The lowest BCUT2D eigenvalue weighted by molar-refractivity contribution is -0.120. The zero-order valence-electron chi connectivity index (χ0n) is 10.7. The molecule has 0 atom stereocenters. The Hall–Kier alpha value is -1.75. The number of rotatable bonds is 7. The maximum Gasteiger partial charge on any atom is 0.219 e. The Balaban J connectivity index is 2.49. The van der Waals surface area contributed by atoms with E-state index in [1.165, 1.54) is 0 Å². The van der Waals surface area contributed by atoms with Gasteiger partial charge in [0.1, 0.15) is 11.5 Å². The smallest absolute Gasteiger partial charge is 0.219 e. The molecule has 2 N–H and O–H groups in total. The first-order valence-electron chi connectivity index (χ1n) is 5.82. The molecule has 0 saturated carbocycles. The number of nitrogens with one attached hydrogen (secondary N) is 1. The Kier molecular flexibility index (Phi) is 6.00. The second kappa shape index (κ2) is 7.55. The monoisotopic (exact) mass is 253 g/mol. The van der Waals surface area contributed by atoms with Crippen LogP contribution in [-0.2, 0) is 11.4 Å². The van der Waals surface area contributed by atoms with Crippen molar-refractivity contribution in [3.63, 3.8) is 0 Å². The zero-order chi connectivity index (χ0) is 13.4. The topological polar surface area (TPSA) is 67.8 Å². The minimum absolute atomic E-state index is 0.00397. The van der Waals surface area contributed by atoms with Gasteiger partial charge in [0, 0.05) is 19.0 Å².